The highest BCUT2D eigenvalue weighted by Crippen LogP contribution is 2.21. The Morgan fingerprint density at radius 1 is 1.20 bits per heavy atom. The van der Waals surface area contributed by atoms with Crippen LogP contribution in [0.25, 0.3) is 0 Å². The number of anilines is 3. The summed E-state index contributed by atoms with van der Waals surface area (Å²) in [6, 6.07) is 11.3. The highest BCUT2D eigenvalue weighted by molar-refractivity contribution is 5.94. The molecule has 0 saturated carbocycles. The van der Waals surface area contributed by atoms with Crippen LogP contribution in [0.5, 0.6) is 5.75 Å². The second-order valence-corrected chi connectivity index (χ2v) is 6.24. The van der Waals surface area contributed by atoms with Crippen LogP contribution in [0.4, 0.5) is 17.2 Å². The number of carbonyl (C=O) groups excluding carboxylic acids is 1. The fraction of sp³-hybridized carbons (Fsp3) is 0.368. The van der Waals surface area contributed by atoms with Gasteiger partial charge < -0.3 is 20.1 Å². The Balaban J connectivity index is 1.56. The van der Waals surface area contributed by atoms with E-state index >= 15 is 0 Å². The van der Waals surface area contributed by atoms with Gasteiger partial charge in [0.1, 0.15) is 17.7 Å². The number of hydrogen-bond donors (Lipinski definition) is 2. The molecule has 3 rings (SSSR count). The van der Waals surface area contributed by atoms with Crippen molar-refractivity contribution in [1.29, 1.82) is 0 Å². The minimum Gasteiger partial charge on any atom is -0.491 e. The van der Waals surface area contributed by atoms with E-state index in [0.717, 1.165) is 24.3 Å². The molecule has 25 heavy (non-hydrogen) atoms. The van der Waals surface area contributed by atoms with Gasteiger partial charge >= 0.3 is 0 Å². The maximum atomic E-state index is 12.0. The molecule has 2 N–H and O–H groups in total. The standard InChI is InChI=1S/C19H23N3O3/c1-13(2)25-16-8-5-14(6-9-16)21-18-10-7-15(12-20-18)22-19(23)17-4-3-11-24-17/h5-10,12-13,17H,3-4,11H2,1-2H3,(H,20,21)(H,22,23). The average molecular weight is 341 g/mol. The van der Waals surface area contributed by atoms with Crippen LogP contribution in [0.3, 0.4) is 0 Å². The molecule has 2 aromatic rings. The summed E-state index contributed by atoms with van der Waals surface area (Å²) in [6.07, 6.45) is 3.14. The van der Waals surface area contributed by atoms with Gasteiger partial charge in [-0.05, 0) is 63.1 Å². The smallest absolute Gasteiger partial charge is 0.253 e. The van der Waals surface area contributed by atoms with Gasteiger partial charge in [-0.1, -0.05) is 0 Å². The van der Waals surface area contributed by atoms with E-state index in [2.05, 4.69) is 15.6 Å². The van der Waals surface area contributed by atoms with Crippen LogP contribution >= 0.6 is 0 Å². The van der Waals surface area contributed by atoms with E-state index in [9.17, 15) is 4.79 Å². The van der Waals surface area contributed by atoms with Crippen molar-refractivity contribution in [2.45, 2.75) is 38.9 Å². The van der Waals surface area contributed by atoms with E-state index in [0.29, 0.717) is 18.1 Å². The number of amides is 1. The van der Waals surface area contributed by atoms with E-state index in [1.54, 1.807) is 6.20 Å². The van der Waals surface area contributed by atoms with Gasteiger partial charge in [-0.3, -0.25) is 4.79 Å². The SMILES string of the molecule is CC(C)Oc1ccc(Nc2ccc(NC(=O)C3CCCO3)cn2)cc1. The van der Waals surface area contributed by atoms with Crippen LogP contribution in [-0.2, 0) is 9.53 Å². The number of rotatable bonds is 6. The first-order valence-electron chi connectivity index (χ1n) is 8.52. The zero-order valence-electron chi connectivity index (χ0n) is 14.5. The summed E-state index contributed by atoms with van der Waals surface area (Å²) in [6.45, 7) is 4.64. The molecule has 1 unspecified atom stereocenters. The molecule has 1 aliphatic heterocycles. The van der Waals surface area contributed by atoms with Crippen molar-refractivity contribution in [3.63, 3.8) is 0 Å². The quantitative estimate of drug-likeness (QED) is 0.837. The first kappa shape index (κ1) is 17.2. The van der Waals surface area contributed by atoms with Gasteiger partial charge in [0, 0.05) is 12.3 Å². The predicted molar refractivity (Wildman–Crippen MR) is 97.3 cm³/mol. The molecule has 1 aromatic heterocycles. The molecule has 6 nitrogen and oxygen atoms in total. The van der Waals surface area contributed by atoms with E-state index in [4.69, 9.17) is 9.47 Å². The minimum absolute atomic E-state index is 0.110. The van der Waals surface area contributed by atoms with Gasteiger partial charge in [-0.2, -0.15) is 0 Å². The zero-order valence-corrected chi connectivity index (χ0v) is 14.5. The summed E-state index contributed by atoms with van der Waals surface area (Å²) in [5.41, 5.74) is 1.58. The lowest BCUT2D eigenvalue weighted by molar-refractivity contribution is -0.124. The normalized spacial score (nSPS) is 16.7. The summed E-state index contributed by atoms with van der Waals surface area (Å²) >= 11 is 0. The van der Waals surface area contributed by atoms with Crippen LogP contribution in [0.1, 0.15) is 26.7 Å². The molecule has 1 aromatic carbocycles. The summed E-state index contributed by atoms with van der Waals surface area (Å²) < 4.78 is 11.0. The zero-order chi connectivity index (χ0) is 17.6. The van der Waals surface area contributed by atoms with Crippen LogP contribution in [0.2, 0.25) is 0 Å². The van der Waals surface area contributed by atoms with Crippen LogP contribution in [0.15, 0.2) is 42.6 Å². The third-order valence-corrected chi connectivity index (χ3v) is 3.75. The van der Waals surface area contributed by atoms with Crippen molar-refractivity contribution in [3.05, 3.63) is 42.6 Å². The van der Waals surface area contributed by atoms with Gasteiger partial charge in [0.2, 0.25) is 0 Å². The summed E-state index contributed by atoms with van der Waals surface area (Å²) in [5.74, 6) is 1.43. The lowest BCUT2D eigenvalue weighted by Crippen LogP contribution is -2.26. The van der Waals surface area contributed by atoms with Gasteiger partial charge in [0.15, 0.2) is 0 Å². The molecule has 1 fully saturated rings. The number of pyridine rings is 1. The van der Waals surface area contributed by atoms with Crippen molar-refractivity contribution in [3.8, 4) is 5.75 Å². The van der Waals surface area contributed by atoms with Gasteiger partial charge in [0.05, 0.1) is 18.0 Å². The highest BCUT2D eigenvalue weighted by atomic mass is 16.5. The molecule has 1 saturated heterocycles. The lowest BCUT2D eigenvalue weighted by atomic mass is 10.2. The second-order valence-electron chi connectivity index (χ2n) is 6.24. The topological polar surface area (TPSA) is 72.5 Å². The Morgan fingerprint density at radius 2 is 1.96 bits per heavy atom. The molecule has 0 spiro atoms. The monoisotopic (exact) mass is 341 g/mol. The van der Waals surface area contributed by atoms with Gasteiger partial charge in [-0.25, -0.2) is 4.98 Å². The molecule has 1 amide bonds. The molecule has 0 bridgehead atoms. The van der Waals surface area contributed by atoms with E-state index in [1.807, 2.05) is 50.2 Å². The molecule has 6 heteroatoms. The third-order valence-electron chi connectivity index (χ3n) is 3.75. The first-order valence-corrected chi connectivity index (χ1v) is 8.52. The van der Waals surface area contributed by atoms with Crippen LogP contribution in [-0.4, -0.2) is 29.7 Å². The van der Waals surface area contributed by atoms with Crippen molar-refractivity contribution in [1.82, 2.24) is 4.98 Å². The highest BCUT2D eigenvalue weighted by Gasteiger charge is 2.23. The minimum atomic E-state index is -0.343. The van der Waals surface area contributed by atoms with Crippen molar-refractivity contribution < 1.29 is 14.3 Å². The van der Waals surface area contributed by atoms with E-state index in [-0.39, 0.29) is 18.1 Å². The Bertz CT molecular complexity index is 693. The molecule has 0 radical (unpaired) electrons. The second kappa shape index (κ2) is 7.98. The molecular formula is C19H23N3O3. The number of nitrogens with one attached hydrogen (secondary N) is 2. The molecule has 132 valence electrons. The molecule has 1 atom stereocenters. The maximum Gasteiger partial charge on any atom is 0.253 e. The van der Waals surface area contributed by atoms with Gasteiger partial charge in [-0.15, -0.1) is 0 Å². The van der Waals surface area contributed by atoms with Crippen LogP contribution < -0.4 is 15.4 Å². The van der Waals surface area contributed by atoms with Crippen molar-refractivity contribution in [2.24, 2.45) is 0 Å². The Hall–Kier alpha value is -2.60. The van der Waals surface area contributed by atoms with Crippen molar-refractivity contribution in [2.75, 3.05) is 17.2 Å². The molecule has 0 aliphatic carbocycles. The van der Waals surface area contributed by atoms with Crippen LogP contribution in [0, 0.1) is 0 Å². The lowest BCUT2D eigenvalue weighted by Gasteiger charge is -2.12. The van der Waals surface area contributed by atoms with E-state index < -0.39 is 0 Å². The fourth-order valence-corrected chi connectivity index (χ4v) is 2.59. The summed E-state index contributed by atoms with van der Waals surface area (Å²) in [5, 5.41) is 6.05. The number of hydrogen-bond acceptors (Lipinski definition) is 5. The number of carbonyl (C=O) groups is 1. The Morgan fingerprint density at radius 3 is 2.56 bits per heavy atom. The maximum absolute atomic E-state index is 12.0. The number of benzene rings is 1. The first-order chi connectivity index (χ1) is 12.1. The predicted octanol–water partition coefficient (Wildman–Crippen LogP) is 3.73. The Kier molecular flexibility index (Phi) is 5.50. The molecular weight excluding hydrogens is 318 g/mol. The fourth-order valence-electron chi connectivity index (χ4n) is 2.59. The third kappa shape index (κ3) is 4.93. The van der Waals surface area contributed by atoms with E-state index in [1.165, 1.54) is 0 Å². The largest absolute Gasteiger partial charge is 0.491 e. The van der Waals surface area contributed by atoms with Gasteiger partial charge in [0.25, 0.3) is 5.91 Å². The van der Waals surface area contributed by atoms with Crippen molar-refractivity contribution >= 4 is 23.1 Å². The molecule has 1 aliphatic rings. The number of aromatic nitrogens is 1. The Labute approximate surface area is 147 Å². The number of ether oxygens (including phenoxy) is 2. The molecule has 2 heterocycles. The number of nitrogens with zero attached hydrogens (tertiary/aromatic N) is 1. The average Bonchev–Trinajstić information content (AvgIpc) is 3.13. The summed E-state index contributed by atoms with van der Waals surface area (Å²) in [4.78, 5) is 16.3. The summed E-state index contributed by atoms with van der Waals surface area (Å²) in [7, 11) is 0.